The van der Waals surface area contributed by atoms with Crippen LogP contribution in [-0.2, 0) is 16.9 Å². The standard InChI is InChI=1S/C46H38Cl2N4O4/c1-53-34-21-13-30(14-22-34)42-29-49-45(50-42,38-9-5-7-11-40(38)47)46(39-10-6-8-12-41(39)48)51-43(31-15-23-35(54-2)24-16-31)44(52-46,32-17-25-36(55-3)26-18-32)33-19-27-37(56-4)28-20-33/h5-29,52H,1-4H3. The zero-order chi connectivity index (χ0) is 38.9. The second-order valence-corrected chi connectivity index (χ2v) is 14.2. The number of nitrogens with zero attached hydrogens (tertiary/aromatic N) is 3. The fourth-order valence-electron chi connectivity index (χ4n) is 7.67. The third-order valence-corrected chi connectivity index (χ3v) is 11.1. The Balaban J connectivity index is 1.52. The van der Waals surface area contributed by atoms with Crippen LogP contribution >= 0.6 is 23.2 Å². The van der Waals surface area contributed by atoms with Gasteiger partial charge in [0.15, 0.2) is 5.66 Å². The van der Waals surface area contributed by atoms with Gasteiger partial charge in [-0.05, 0) is 102 Å². The van der Waals surface area contributed by atoms with Crippen molar-refractivity contribution >= 4 is 40.8 Å². The molecule has 0 radical (unpaired) electrons. The molecule has 8 rings (SSSR count). The highest BCUT2D eigenvalue weighted by molar-refractivity contribution is 6.40. The fraction of sp³-hybridized carbons (Fsp3) is 0.152. The van der Waals surface area contributed by atoms with Crippen LogP contribution in [0, 0.1) is 0 Å². The van der Waals surface area contributed by atoms with Crippen LogP contribution in [0.5, 0.6) is 23.0 Å². The maximum absolute atomic E-state index is 7.34. The summed E-state index contributed by atoms with van der Waals surface area (Å²) in [4.78, 5) is 16.9. The Kier molecular flexibility index (Phi) is 9.89. The molecule has 2 aliphatic heterocycles. The Morgan fingerprint density at radius 2 is 0.911 bits per heavy atom. The SMILES string of the molecule is COc1ccc(C2=NC(c3ccccc3Cl)(C3(c4ccccc4Cl)N=C(c4ccc(OC)cc4)C(c4ccc(OC)cc4)(c4ccc(OC)cc4)N3)N=C2)cc1. The second-order valence-electron chi connectivity index (χ2n) is 13.3. The molecule has 0 saturated heterocycles. The number of hydrogen-bond donors (Lipinski definition) is 1. The molecule has 2 heterocycles. The third kappa shape index (κ3) is 6.01. The van der Waals surface area contributed by atoms with Crippen molar-refractivity contribution in [1.82, 2.24) is 5.32 Å². The lowest BCUT2D eigenvalue weighted by atomic mass is 9.75. The van der Waals surface area contributed by atoms with Crippen LogP contribution in [-0.4, -0.2) is 46.1 Å². The number of benzene rings is 6. The molecule has 6 aromatic rings. The highest BCUT2D eigenvalue weighted by Crippen LogP contribution is 2.57. The van der Waals surface area contributed by atoms with E-state index in [2.05, 4.69) is 5.32 Å². The number of rotatable bonds is 11. The minimum absolute atomic E-state index is 0.463. The largest absolute Gasteiger partial charge is 0.497 e. The molecule has 0 aliphatic carbocycles. The van der Waals surface area contributed by atoms with E-state index in [0.717, 1.165) is 28.0 Å². The van der Waals surface area contributed by atoms with E-state index in [0.29, 0.717) is 49.8 Å². The van der Waals surface area contributed by atoms with E-state index >= 15 is 0 Å². The summed E-state index contributed by atoms with van der Waals surface area (Å²) >= 11 is 14.6. The third-order valence-electron chi connectivity index (χ3n) is 10.5. The number of aliphatic imine (C=N–C) groups is 3. The average molecular weight is 782 g/mol. The van der Waals surface area contributed by atoms with Crippen LogP contribution in [0.4, 0.5) is 0 Å². The van der Waals surface area contributed by atoms with E-state index in [1.54, 1.807) is 34.7 Å². The minimum atomic E-state index is -1.54. The van der Waals surface area contributed by atoms with Crippen molar-refractivity contribution in [2.24, 2.45) is 15.0 Å². The number of halogens is 2. The van der Waals surface area contributed by atoms with E-state index < -0.39 is 16.9 Å². The zero-order valence-electron chi connectivity index (χ0n) is 31.2. The van der Waals surface area contributed by atoms with Gasteiger partial charge >= 0.3 is 0 Å². The monoisotopic (exact) mass is 780 g/mol. The molecule has 0 fully saturated rings. The van der Waals surface area contributed by atoms with E-state index in [9.17, 15) is 0 Å². The van der Waals surface area contributed by atoms with Crippen molar-refractivity contribution in [3.05, 3.63) is 189 Å². The van der Waals surface area contributed by atoms with Gasteiger partial charge in [-0.2, -0.15) is 0 Å². The van der Waals surface area contributed by atoms with Gasteiger partial charge in [-0.3, -0.25) is 15.3 Å². The number of methoxy groups -OCH3 is 4. The molecule has 6 aromatic carbocycles. The summed E-state index contributed by atoms with van der Waals surface area (Å²) in [5.74, 6) is 2.85. The van der Waals surface area contributed by atoms with Gasteiger partial charge in [0.1, 0.15) is 28.5 Å². The molecule has 1 N–H and O–H groups in total. The first-order valence-corrected chi connectivity index (χ1v) is 18.7. The van der Waals surface area contributed by atoms with Crippen LogP contribution in [0.25, 0.3) is 0 Å². The summed E-state index contributed by atoms with van der Waals surface area (Å²) in [6.45, 7) is 0. The van der Waals surface area contributed by atoms with Crippen molar-refractivity contribution in [2.75, 3.05) is 28.4 Å². The topological polar surface area (TPSA) is 86.0 Å². The first kappa shape index (κ1) is 37.0. The Morgan fingerprint density at radius 3 is 1.38 bits per heavy atom. The lowest BCUT2D eigenvalue weighted by molar-refractivity contribution is 0.181. The van der Waals surface area contributed by atoms with Crippen LogP contribution in [0.15, 0.2) is 161 Å². The number of nitrogens with one attached hydrogen (secondary N) is 1. The molecule has 8 nitrogen and oxygen atoms in total. The highest BCUT2D eigenvalue weighted by atomic mass is 35.5. The molecule has 10 heteroatoms. The van der Waals surface area contributed by atoms with Crippen molar-refractivity contribution in [2.45, 2.75) is 16.9 Å². The predicted octanol–water partition coefficient (Wildman–Crippen LogP) is 9.64. The van der Waals surface area contributed by atoms with Gasteiger partial charge in [-0.25, -0.2) is 4.99 Å². The Hall–Kier alpha value is -5.93. The summed E-state index contributed by atoms with van der Waals surface area (Å²) in [5, 5.41) is 5.09. The lowest BCUT2D eigenvalue weighted by Crippen LogP contribution is -2.59. The van der Waals surface area contributed by atoms with Gasteiger partial charge in [0.2, 0.25) is 5.66 Å². The molecule has 2 atom stereocenters. The average Bonchev–Trinajstić information content (AvgIpc) is 3.87. The predicted molar refractivity (Wildman–Crippen MR) is 224 cm³/mol. The van der Waals surface area contributed by atoms with E-state index in [-0.39, 0.29) is 0 Å². The second kappa shape index (κ2) is 15.0. The molecular weight excluding hydrogens is 743 g/mol. The van der Waals surface area contributed by atoms with Crippen molar-refractivity contribution in [3.63, 3.8) is 0 Å². The Bertz CT molecular complexity index is 2420. The highest BCUT2D eigenvalue weighted by Gasteiger charge is 2.65. The van der Waals surface area contributed by atoms with Crippen LogP contribution in [0.3, 0.4) is 0 Å². The zero-order valence-corrected chi connectivity index (χ0v) is 32.7. The van der Waals surface area contributed by atoms with Gasteiger partial charge in [0, 0.05) is 26.7 Å². The first-order valence-electron chi connectivity index (χ1n) is 17.9. The molecule has 0 amide bonds. The summed E-state index contributed by atoms with van der Waals surface area (Å²) < 4.78 is 22.4. The lowest BCUT2D eigenvalue weighted by Gasteiger charge is -2.44. The van der Waals surface area contributed by atoms with Gasteiger partial charge in [0.05, 0.1) is 46.1 Å². The molecule has 2 aliphatic rings. The van der Waals surface area contributed by atoms with Crippen molar-refractivity contribution in [1.29, 1.82) is 0 Å². The molecule has 0 spiro atoms. The molecule has 0 saturated carbocycles. The van der Waals surface area contributed by atoms with Crippen LogP contribution < -0.4 is 24.3 Å². The normalized spacial score (nSPS) is 19.6. The first-order chi connectivity index (χ1) is 27.3. The van der Waals surface area contributed by atoms with Crippen LogP contribution in [0.2, 0.25) is 10.0 Å². The summed E-state index contributed by atoms with van der Waals surface area (Å²) in [6, 6.07) is 46.8. The summed E-state index contributed by atoms with van der Waals surface area (Å²) in [6.07, 6.45) is 1.79. The summed E-state index contributed by atoms with van der Waals surface area (Å²) in [5.41, 5.74) is 1.79. The van der Waals surface area contributed by atoms with Gasteiger partial charge < -0.3 is 18.9 Å². The van der Waals surface area contributed by atoms with Crippen molar-refractivity contribution in [3.8, 4) is 23.0 Å². The van der Waals surface area contributed by atoms with E-state index in [4.69, 9.17) is 57.1 Å². The van der Waals surface area contributed by atoms with Gasteiger partial charge in [-0.1, -0.05) is 83.9 Å². The quantitative estimate of drug-likeness (QED) is 0.142. The smallest absolute Gasteiger partial charge is 0.220 e. The minimum Gasteiger partial charge on any atom is -0.497 e. The van der Waals surface area contributed by atoms with E-state index in [1.165, 1.54) is 0 Å². The number of hydrogen-bond acceptors (Lipinski definition) is 8. The van der Waals surface area contributed by atoms with Gasteiger partial charge in [0.25, 0.3) is 0 Å². The van der Waals surface area contributed by atoms with E-state index in [1.807, 2.05) is 146 Å². The maximum atomic E-state index is 7.34. The van der Waals surface area contributed by atoms with Crippen molar-refractivity contribution < 1.29 is 18.9 Å². The van der Waals surface area contributed by atoms with Gasteiger partial charge in [-0.15, -0.1) is 0 Å². The molecule has 280 valence electrons. The molecule has 56 heavy (non-hydrogen) atoms. The van der Waals surface area contributed by atoms with Crippen LogP contribution in [0.1, 0.15) is 33.4 Å². The molecular formula is C46H38Cl2N4O4. The maximum Gasteiger partial charge on any atom is 0.220 e. The number of ether oxygens (including phenoxy) is 4. The fourth-order valence-corrected chi connectivity index (χ4v) is 8.21. The summed E-state index contributed by atoms with van der Waals surface area (Å²) in [7, 11) is 6.59. The molecule has 2 unspecified atom stereocenters. The Labute approximate surface area is 336 Å². The molecule has 0 bridgehead atoms. The Morgan fingerprint density at radius 1 is 0.482 bits per heavy atom. The molecule has 0 aromatic heterocycles.